The van der Waals surface area contributed by atoms with E-state index in [0.29, 0.717) is 35.4 Å². The molecular formula is C20H23BF2N3OS+. The summed E-state index contributed by atoms with van der Waals surface area (Å²) in [5, 5.41) is 1.89. The minimum atomic E-state index is -4.17. The molecule has 2 aromatic heterocycles. The Kier molecular flexibility index (Phi) is 4.32. The molecule has 0 atom stereocenters. The van der Waals surface area contributed by atoms with Crippen LogP contribution < -0.4 is 0 Å². The molecule has 0 N–H and O–H groups in total. The molecule has 2 aliphatic rings. The summed E-state index contributed by atoms with van der Waals surface area (Å²) >= 11 is 1.44. The predicted molar refractivity (Wildman–Crippen MR) is 110 cm³/mol. The number of halogens is 2. The third kappa shape index (κ3) is 2.91. The normalized spacial score (nSPS) is 17.9. The maximum atomic E-state index is 15.8. The second-order valence-electron chi connectivity index (χ2n) is 8.41. The Morgan fingerprint density at radius 3 is 2.64 bits per heavy atom. The number of rotatable bonds is 5. The lowest BCUT2D eigenvalue weighted by molar-refractivity contribution is -0.870. The van der Waals surface area contributed by atoms with E-state index in [-0.39, 0.29) is 5.69 Å². The second kappa shape index (κ2) is 6.35. The zero-order valence-electron chi connectivity index (χ0n) is 16.4. The first-order chi connectivity index (χ1) is 13.1. The molecular weight excluding hydrogens is 379 g/mol. The van der Waals surface area contributed by atoms with Crippen molar-refractivity contribution < 1.29 is 22.4 Å². The van der Waals surface area contributed by atoms with Crippen LogP contribution in [0.1, 0.15) is 33.0 Å². The van der Waals surface area contributed by atoms with E-state index in [9.17, 15) is 4.79 Å². The molecule has 0 spiro atoms. The van der Waals surface area contributed by atoms with Crippen molar-refractivity contribution in [3.63, 3.8) is 0 Å². The summed E-state index contributed by atoms with van der Waals surface area (Å²) in [5.74, 6) is 0. The number of carbonyl (C=O) groups excluding carboxylic acids is 1. The van der Waals surface area contributed by atoms with Crippen LogP contribution in [0.4, 0.5) is 8.63 Å². The second-order valence-corrected chi connectivity index (χ2v) is 9.36. The van der Waals surface area contributed by atoms with Gasteiger partial charge in [-0.2, -0.15) is 0 Å². The number of aryl methyl sites for hydroxylation is 1. The molecule has 146 valence electrons. The Balaban J connectivity index is 1.93. The van der Waals surface area contributed by atoms with Crippen molar-refractivity contribution >= 4 is 36.4 Å². The highest BCUT2D eigenvalue weighted by Gasteiger charge is 2.54. The highest BCUT2D eigenvalue weighted by atomic mass is 32.1. The summed E-state index contributed by atoms with van der Waals surface area (Å²) in [6.07, 6.45) is 4.92. The van der Waals surface area contributed by atoms with E-state index in [1.165, 1.54) is 17.4 Å². The summed E-state index contributed by atoms with van der Waals surface area (Å²) in [4.78, 5) is 12.3. The number of thiophene rings is 1. The van der Waals surface area contributed by atoms with Gasteiger partial charge in [0.25, 0.3) is 0 Å². The summed E-state index contributed by atoms with van der Waals surface area (Å²) in [6.45, 7) is -1.56. The number of allylic oxidation sites excluding steroid dienone is 2. The molecule has 28 heavy (non-hydrogen) atoms. The van der Waals surface area contributed by atoms with E-state index in [1.807, 2.05) is 29.7 Å². The molecule has 4 heterocycles. The van der Waals surface area contributed by atoms with Crippen LogP contribution in [0.25, 0.3) is 6.08 Å². The van der Waals surface area contributed by atoms with Crippen molar-refractivity contribution in [2.24, 2.45) is 0 Å². The zero-order chi connectivity index (χ0) is 20.3. The smallest absolute Gasteiger partial charge is 0.389 e. The van der Waals surface area contributed by atoms with Gasteiger partial charge in [0.15, 0.2) is 17.7 Å². The average molecular weight is 402 g/mol. The van der Waals surface area contributed by atoms with Gasteiger partial charge in [-0.05, 0) is 30.0 Å². The van der Waals surface area contributed by atoms with Crippen LogP contribution in [0.15, 0.2) is 40.9 Å². The Bertz CT molecular complexity index is 1060. The number of hydrogen-bond acceptors (Lipinski definition) is 2. The summed E-state index contributed by atoms with van der Waals surface area (Å²) in [6, 6.07) is 5.27. The minimum Gasteiger partial charge on any atom is -0.389 e. The Morgan fingerprint density at radius 1 is 1.29 bits per heavy atom. The lowest BCUT2D eigenvalue weighted by Crippen LogP contribution is -2.51. The number of quaternary nitrogens is 1. The van der Waals surface area contributed by atoms with Gasteiger partial charge in [-0.3, -0.25) is 4.79 Å². The highest BCUT2D eigenvalue weighted by Crippen LogP contribution is 2.39. The molecule has 4 rings (SSSR count). The molecule has 0 amide bonds. The van der Waals surface area contributed by atoms with Gasteiger partial charge in [-0.25, -0.2) is 0 Å². The largest absolute Gasteiger partial charge is 0.738 e. The van der Waals surface area contributed by atoms with Crippen molar-refractivity contribution in [2.75, 3.05) is 27.7 Å². The van der Waals surface area contributed by atoms with E-state index in [2.05, 4.69) is 21.1 Å². The van der Waals surface area contributed by atoms with Gasteiger partial charge >= 0.3 is 6.97 Å². The SMILES string of the molecule is Cc1cc(C=O)n2c1C=C1C(CC[N+](C)(C)C)=CC(c3cccs3)=[N+]1[B-]2(F)F. The van der Waals surface area contributed by atoms with E-state index in [4.69, 9.17) is 0 Å². The van der Waals surface area contributed by atoms with Crippen LogP contribution in [-0.2, 0) is 0 Å². The van der Waals surface area contributed by atoms with Gasteiger partial charge in [0.1, 0.15) is 0 Å². The molecule has 0 saturated carbocycles. The first-order valence-electron chi connectivity index (χ1n) is 9.26. The molecule has 0 saturated heterocycles. The highest BCUT2D eigenvalue weighted by molar-refractivity contribution is 7.12. The van der Waals surface area contributed by atoms with Crippen molar-refractivity contribution in [3.8, 4) is 0 Å². The van der Waals surface area contributed by atoms with Gasteiger partial charge in [-0.1, -0.05) is 6.07 Å². The van der Waals surface area contributed by atoms with E-state index in [1.54, 1.807) is 6.92 Å². The Morgan fingerprint density at radius 2 is 2.04 bits per heavy atom. The number of aldehydes is 1. The fraction of sp³-hybridized carbons (Fsp3) is 0.300. The van der Waals surface area contributed by atoms with E-state index < -0.39 is 6.97 Å². The maximum absolute atomic E-state index is 15.8. The summed E-state index contributed by atoms with van der Waals surface area (Å²) in [7, 11) is 6.28. The monoisotopic (exact) mass is 402 g/mol. The van der Waals surface area contributed by atoms with Gasteiger partial charge in [0, 0.05) is 29.8 Å². The molecule has 0 fully saturated rings. The number of carbonyl (C=O) groups is 1. The summed E-state index contributed by atoms with van der Waals surface area (Å²) in [5.41, 5.74) is 3.09. The van der Waals surface area contributed by atoms with Crippen LogP contribution in [0.2, 0.25) is 0 Å². The topological polar surface area (TPSA) is 25.0 Å². The quantitative estimate of drug-likeness (QED) is 0.425. The number of hydrogen-bond donors (Lipinski definition) is 0. The van der Waals surface area contributed by atoms with E-state index in [0.717, 1.165) is 30.4 Å². The lowest BCUT2D eigenvalue weighted by atomic mass is 9.89. The molecule has 0 unspecified atom stereocenters. The van der Waals surface area contributed by atoms with Crippen LogP contribution in [0.3, 0.4) is 0 Å². The molecule has 8 heteroatoms. The number of nitrogens with zero attached hydrogens (tertiary/aromatic N) is 3. The van der Waals surface area contributed by atoms with Crippen molar-refractivity contribution in [2.45, 2.75) is 13.3 Å². The first kappa shape index (κ1) is 19.0. The van der Waals surface area contributed by atoms with Crippen LogP contribution in [-0.4, -0.2) is 60.1 Å². The van der Waals surface area contributed by atoms with Gasteiger partial charge in [0.2, 0.25) is 0 Å². The van der Waals surface area contributed by atoms with Crippen LogP contribution in [0, 0.1) is 6.92 Å². The molecule has 0 bridgehead atoms. The van der Waals surface area contributed by atoms with Crippen molar-refractivity contribution in [3.05, 3.63) is 62.8 Å². The molecule has 4 nitrogen and oxygen atoms in total. The van der Waals surface area contributed by atoms with Gasteiger partial charge in [0.05, 0.1) is 38.3 Å². The fourth-order valence-electron chi connectivity index (χ4n) is 3.92. The van der Waals surface area contributed by atoms with Gasteiger partial charge < -0.3 is 22.1 Å². The predicted octanol–water partition coefficient (Wildman–Crippen LogP) is 3.79. The first-order valence-corrected chi connectivity index (χ1v) is 10.1. The lowest BCUT2D eigenvalue weighted by Gasteiger charge is -2.31. The molecule has 0 aliphatic carbocycles. The zero-order valence-corrected chi connectivity index (χ0v) is 17.3. The molecule has 2 aliphatic heterocycles. The molecule has 0 radical (unpaired) electrons. The minimum absolute atomic E-state index is 0.0122. The third-order valence-electron chi connectivity index (χ3n) is 5.31. The van der Waals surface area contributed by atoms with Crippen molar-refractivity contribution in [1.82, 2.24) is 4.48 Å². The standard InChI is InChI=1S/C20H23BF2N3OS/c1-14-10-16(13-27)24-17(14)12-18-15(7-8-26(2,3)4)11-19(20-6-5-9-28-20)25(18)21(24,22)23/h5-6,9-13H,7-8H2,1-4H3/q+1. The third-order valence-corrected chi connectivity index (χ3v) is 6.20. The Hall–Kier alpha value is -2.32. The number of aromatic nitrogens is 1. The number of fused-ring (bicyclic) bond motifs is 2. The van der Waals surface area contributed by atoms with Gasteiger partial charge in [-0.15, -0.1) is 11.3 Å². The van der Waals surface area contributed by atoms with E-state index >= 15 is 8.63 Å². The average Bonchev–Trinajstić information content (AvgIpc) is 3.30. The van der Waals surface area contributed by atoms with Crippen LogP contribution in [0.5, 0.6) is 0 Å². The Labute approximate surface area is 167 Å². The van der Waals surface area contributed by atoms with Crippen molar-refractivity contribution in [1.29, 1.82) is 0 Å². The molecule has 0 aromatic carbocycles. The summed E-state index contributed by atoms with van der Waals surface area (Å²) < 4.78 is 34.4. The maximum Gasteiger partial charge on any atom is 0.738 e. The van der Waals surface area contributed by atoms with Crippen LogP contribution >= 0.6 is 11.3 Å². The fourth-order valence-corrected chi connectivity index (χ4v) is 4.66. The molecule has 2 aromatic rings.